The highest BCUT2D eigenvalue weighted by molar-refractivity contribution is 5.95. The van der Waals surface area contributed by atoms with Crippen LogP contribution in [0, 0.1) is 0 Å². The molecule has 1 unspecified atom stereocenters. The molecule has 0 bridgehead atoms. The molecule has 0 radical (unpaired) electrons. The van der Waals surface area contributed by atoms with E-state index in [1.807, 2.05) is 0 Å². The second-order valence-corrected chi connectivity index (χ2v) is 14.0. The Hall–Kier alpha value is -6.28. The van der Waals surface area contributed by atoms with Crippen LogP contribution in [-0.2, 0) is 11.2 Å². The number of hydrogen-bond donors (Lipinski definition) is 11. The molecule has 58 heavy (non-hydrogen) atoms. The summed E-state index contributed by atoms with van der Waals surface area (Å²) in [5.74, 6) is -2.80. The summed E-state index contributed by atoms with van der Waals surface area (Å²) < 4.78 is 40.3. The fraction of sp³-hybridized carbons (Fsp3) is 0.300. The first-order valence-electron chi connectivity index (χ1n) is 17.8. The zero-order chi connectivity index (χ0) is 41.3. The molecule has 4 heterocycles. The lowest BCUT2D eigenvalue weighted by molar-refractivity contribution is -0.330. The van der Waals surface area contributed by atoms with Crippen LogP contribution in [0.2, 0.25) is 0 Å². The number of aliphatic hydroxyl groups excluding tert-OH is 5. The molecule has 0 spiro atoms. The maximum atomic E-state index is 11.5. The molecule has 8 atom stereocenters. The summed E-state index contributed by atoms with van der Waals surface area (Å²) in [6.07, 6.45) is -10.8. The first kappa shape index (κ1) is 38.6. The van der Waals surface area contributed by atoms with Gasteiger partial charge in [0.1, 0.15) is 58.9 Å². The van der Waals surface area contributed by atoms with Gasteiger partial charge in [-0.3, -0.25) is 4.74 Å². The van der Waals surface area contributed by atoms with Crippen molar-refractivity contribution < 1.29 is 89.3 Å². The Balaban J connectivity index is 1.34. The van der Waals surface area contributed by atoms with E-state index in [2.05, 4.69) is 4.74 Å². The number of phenols is 6. The average Bonchev–Trinajstić information content (AvgIpc) is 3.19. The second kappa shape index (κ2) is 14.6. The number of fused-ring (bicyclic) bond motifs is 1. The van der Waals surface area contributed by atoms with E-state index < -0.39 is 78.6 Å². The molecule has 0 saturated carbocycles. The van der Waals surface area contributed by atoms with Gasteiger partial charge in [0, 0.05) is 35.7 Å². The predicted molar refractivity (Wildman–Crippen MR) is 197 cm³/mol. The van der Waals surface area contributed by atoms with Crippen LogP contribution in [0.15, 0.2) is 60.4 Å². The predicted octanol–water partition coefficient (Wildman–Crippen LogP) is 1.58. The van der Waals surface area contributed by atoms with Gasteiger partial charge in [0.25, 0.3) is 0 Å². The van der Waals surface area contributed by atoms with Crippen LogP contribution in [-0.4, -0.2) is 119 Å². The zero-order valence-electron chi connectivity index (χ0n) is 30.5. The lowest BCUT2D eigenvalue weighted by Gasteiger charge is -2.39. The fourth-order valence-corrected chi connectivity index (χ4v) is 7.53. The van der Waals surface area contributed by atoms with Crippen molar-refractivity contribution in [2.45, 2.75) is 55.4 Å². The van der Waals surface area contributed by atoms with E-state index in [1.165, 1.54) is 62.8 Å². The highest BCUT2D eigenvalue weighted by Gasteiger charge is 2.50. The first-order chi connectivity index (χ1) is 27.7. The summed E-state index contributed by atoms with van der Waals surface area (Å²) in [5, 5.41) is 118. The largest absolute Gasteiger partial charge is 0.555 e. The third kappa shape index (κ3) is 6.31. The Morgan fingerprint density at radius 1 is 0.759 bits per heavy atom. The zero-order valence-corrected chi connectivity index (χ0v) is 30.5. The van der Waals surface area contributed by atoms with E-state index in [4.69, 9.17) is 28.4 Å². The molecule has 306 valence electrons. The summed E-state index contributed by atoms with van der Waals surface area (Å²) in [6.45, 7) is -0.749. The number of allylic oxidation sites excluding steroid dienone is 1. The Labute approximate surface area is 328 Å². The van der Waals surface area contributed by atoms with Crippen molar-refractivity contribution in [1.82, 2.24) is 0 Å². The summed E-state index contributed by atoms with van der Waals surface area (Å²) in [4.78, 5) is 0. The molecule has 4 aromatic rings. The molecule has 12 N–H and O–H groups in total. The first-order valence-corrected chi connectivity index (χ1v) is 17.8. The Kier molecular flexibility index (Phi) is 9.70. The van der Waals surface area contributed by atoms with E-state index in [9.17, 15) is 56.2 Å². The van der Waals surface area contributed by atoms with Crippen molar-refractivity contribution in [2.75, 3.05) is 20.8 Å². The van der Waals surface area contributed by atoms with Crippen molar-refractivity contribution in [3.63, 3.8) is 0 Å². The van der Waals surface area contributed by atoms with Gasteiger partial charge in [0.2, 0.25) is 11.5 Å². The summed E-state index contributed by atoms with van der Waals surface area (Å²) in [7, 11) is 2.61. The van der Waals surface area contributed by atoms with Crippen LogP contribution < -0.4 is 23.7 Å². The summed E-state index contributed by atoms with van der Waals surface area (Å²) in [6, 6.07) is 10.2. The van der Waals surface area contributed by atoms with Crippen LogP contribution in [0.1, 0.15) is 40.0 Å². The van der Waals surface area contributed by atoms with Gasteiger partial charge in [-0.15, -0.1) is 0 Å². The highest BCUT2D eigenvalue weighted by atomic mass is 16.7. The molecule has 4 aliphatic rings. The Bertz CT molecular complexity index is 2330. The minimum absolute atomic E-state index is 0.00371. The van der Waals surface area contributed by atoms with Crippen LogP contribution >= 0.6 is 0 Å². The SMILES string of the molecule is COc1cc(C2=C([OH+][C@@H]3O[C@H](CO)[C@@H](O)[C@H](O)[C@H]3O)C3=CC(c4c(O)cc(O)c5c4O[C@H](c4ccc(O)c(O)c4)[C@H](O)C5)Oc4cc(O)cc(c43)O2)cc(OC)c1O. The summed E-state index contributed by atoms with van der Waals surface area (Å²) >= 11 is 0. The van der Waals surface area contributed by atoms with E-state index in [1.54, 1.807) is 0 Å². The van der Waals surface area contributed by atoms with Crippen molar-refractivity contribution in [1.29, 1.82) is 0 Å². The maximum Gasteiger partial charge on any atom is 0.326 e. The smallest absolute Gasteiger partial charge is 0.326 e. The number of aromatic hydroxyl groups is 6. The van der Waals surface area contributed by atoms with Crippen LogP contribution in [0.4, 0.5) is 0 Å². The Morgan fingerprint density at radius 2 is 1.47 bits per heavy atom. The van der Waals surface area contributed by atoms with Gasteiger partial charge in [-0.25, -0.2) is 0 Å². The molecule has 4 aliphatic heterocycles. The fourth-order valence-electron chi connectivity index (χ4n) is 7.53. The van der Waals surface area contributed by atoms with Gasteiger partial charge < -0.3 is 84.6 Å². The molecule has 1 saturated heterocycles. The number of methoxy groups -OCH3 is 2. The molecule has 18 nitrogen and oxygen atoms in total. The minimum Gasteiger partial charge on any atom is -0.555 e. The van der Waals surface area contributed by atoms with Gasteiger partial charge in [0.15, 0.2) is 35.2 Å². The molecule has 8 rings (SSSR count). The second-order valence-electron chi connectivity index (χ2n) is 14.0. The number of phenolic OH excluding ortho intramolecular Hbond substituents is 6. The number of benzene rings is 4. The molecular weight excluding hydrogens is 768 g/mol. The minimum atomic E-state index is -1.84. The van der Waals surface area contributed by atoms with Crippen LogP contribution in [0.3, 0.4) is 0 Å². The molecule has 1 fully saturated rings. The lowest BCUT2D eigenvalue weighted by atomic mass is 9.88. The third-order valence-electron chi connectivity index (χ3n) is 10.4. The molecule has 18 heteroatoms. The molecule has 0 amide bonds. The molecule has 0 aliphatic carbocycles. The van der Waals surface area contributed by atoms with Crippen molar-refractivity contribution in [2.24, 2.45) is 0 Å². The quantitative estimate of drug-likeness (QED) is 0.0890. The Morgan fingerprint density at radius 3 is 2.14 bits per heavy atom. The normalized spacial score (nSPS) is 25.9. The summed E-state index contributed by atoms with van der Waals surface area (Å²) in [5.41, 5.74) is 0.881. The van der Waals surface area contributed by atoms with Gasteiger partial charge in [-0.1, -0.05) is 6.07 Å². The number of ether oxygens (including phenoxy) is 7. The lowest BCUT2D eigenvalue weighted by Crippen LogP contribution is -2.60. The van der Waals surface area contributed by atoms with Crippen molar-refractivity contribution in [3.8, 4) is 63.2 Å². The van der Waals surface area contributed by atoms with Gasteiger partial charge in [0.05, 0.1) is 43.6 Å². The van der Waals surface area contributed by atoms with Gasteiger partial charge in [-0.2, -0.15) is 0 Å². The topological polar surface area (TPSA) is 291 Å². The maximum absolute atomic E-state index is 11.5. The van der Waals surface area contributed by atoms with E-state index in [0.29, 0.717) is 0 Å². The monoisotopic (exact) mass is 807 g/mol. The number of aliphatic hydroxyl groups is 7. The highest BCUT2D eigenvalue weighted by Crippen LogP contribution is 2.56. The molecular formula is C40H39O18+. The van der Waals surface area contributed by atoms with E-state index in [0.717, 1.165) is 6.07 Å². The van der Waals surface area contributed by atoms with E-state index >= 15 is 0 Å². The molecule has 4 aromatic carbocycles. The van der Waals surface area contributed by atoms with Gasteiger partial charge >= 0.3 is 12.0 Å². The van der Waals surface area contributed by atoms with E-state index in [-0.39, 0.29) is 91.6 Å². The van der Waals surface area contributed by atoms with Gasteiger partial charge in [-0.05, 0) is 35.9 Å². The van der Waals surface area contributed by atoms with Crippen molar-refractivity contribution in [3.05, 3.63) is 88.2 Å². The average molecular weight is 808 g/mol. The third-order valence-corrected chi connectivity index (χ3v) is 10.4. The number of rotatable bonds is 8. The molecule has 0 aromatic heterocycles. The van der Waals surface area contributed by atoms with Crippen LogP contribution in [0.5, 0.6) is 63.2 Å². The van der Waals surface area contributed by atoms with Crippen molar-refractivity contribution >= 4 is 11.3 Å². The number of hydrogen-bond acceptors (Lipinski definition) is 17. The van der Waals surface area contributed by atoms with Crippen LogP contribution in [0.25, 0.3) is 11.3 Å². The standard InChI is InChI=1S/C40H38O18/c1-52-27-6-15(7-28(53-2)32(27)48)37-39(58-40-35(51)34(50)33(49)29(13-41)56-40)18-11-26(54-24-8-16(42)9-25(55-37)30(18)24)31-22(46)12-20(44)17-10-23(47)36(57-38(17)31)14-3-4-19(43)21(45)5-14/h3-9,11-12,23,26,29,33-36,40-51H,10,13H2,1-2H3/p+1/t23-,26?,29-,33-,34+,35-,36-,40+/m1/s1.